The van der Waals surface area contributed by atoms with Crippen LogP contribution in [0.15, 0.2) is 42.5 Å². The smallest absolute Gasteiger partial charge is 0.334 e. The number of carbonyl (C=O) groups excluding carboxylic acids is 3. The lowest BCUT2D eigenvalue weighted by Crippen LogP contribution is -2.73. The van der Waals surface area contributed by atoms with Gasteiger partial charge in [0.05, 0.1) is 17.7 Å². The number of amides is 4. The van der Waals surface area contributed by atoms with E-state index in [1.165, 1.54) is 14.7 Å². The fourth-order valence-corrected chi connectivity index (χ4v) is 5.22. The van der Waals surface area contributed by atoms with Gasteiger partial charge in [0.15, 0.2) is 0 Å². The number of urea groups is 1. The van der Waals surface area contributed by atoms with Crippen LogP contribution in [0.1, 0.15) is 28.7 Å². The molecule has 2 saturated heterocycles. The third-order valence-corrected chi connectivity index (χ3v) is 7.28. The van der Waals surface area contributed by atoms with E-state index in [1.54, 1.807) is 43.3 Å². The van der Waals surface area contributed by atoms with E-state index < -0.39 is 53.8 Å². The molecular formula is C27H28ClF6N5O3. The van der Waals surface area contributed by atoms with Gasteiger partial charge in [-0.3, -0.25) is 9.59 Å². The quantitative estimate of drug-likeness (QED) is 0.486. The number of halogens is 7. The minimum atomic E-state index is -5.03. The van der Waals surface area contributed by atoms with E-state index in [0.717, 1.165) is 5.56 Å². The zero-order valence-electron chi connectivity index (χ0n) is 22.6. The first-order chi connectivity index (χ1) is 19.5. The van der Waals surface area contributed by atoms with Crippen molar-refractivity contribution in [2.45, 2.75) is 44.1 Å². The van der Waals surface area contributed by atoms with Crippen molar-refractivity contribution in [3.8, 4) is 0 Å². The van der Waals surface area contributed by atoms with Crippen LogP contribution in [0.2, 0.25) is 5.02 Å². The standard InChI is InChI=1S/C27H28ClF6N5O3/c1-36(2)14-21-24(41)37(13-16-3-5-20(28)6-4-16)15-22-38(8-7-23(40)39(21)22)25(42)35-12-17-9-18(26(29,30)31)11-19(10-17)27(32,33)34/h3-6,9-11,21-22H,7-8,12-15H2,1-2H3,(H,35,42)/t21-,22+/m0/s1. The Bertz CT molecular complexity index is 1300. The number of hydrogen-bond donors (Lipinski definition) is 1. The van der Waals surface area contributed by atoms with Crippen LogP contribution in [0.5, 0.6) is 0 Å². The van der Waals surface area contributed by atoms with Crippen LogP contribution in [-0.2, 0) is 35.0 Å². The molecule has 4 rings (SSSR count). The van der Waals surface area contributed by atoms with Gasteiger partial charge in [0.25, 0.3) is 0 Å². The molecule has 2 aromatic carbocycles. The second-order valence-electron chi connectivity index (χ2n) is 10.4. The van der Waals surface area contributed by atoms with E-state index in [0.29, 0.717) is 17.2 Å². The van der Waals surface area contributed by atoms with Gasteiger partial charge in [-0.25, -0.2) is 4.79 Å². The highest BCUT2D eigenvalue weighted by molar-refractivity contribution is 6.30. The summed E-state index contributed by atoms with van der Waals surface area (Å²) in [6.45, 7) is -0.403. The van der Waals surface area contributed by atoms with Crippen molar-refractivity contribution in [1.29, 1.82) is 0 Å². The first kappa shape index (κ1) is 31.4. The van der Waals surface area contributed by atoms with Crippen molar-refractivity contribution >= 4 is 29.4 Å². The summed E-state index contributed by atoms with van der Waals surface area (Å²) in [6.07, 6.45) is -11.1. The van der Waals surface area contributed by atoms with Gasteiger partial charge in [-0.1, -0.05) is 23.7 Å². The van der Waals surface area contributed by atoms with Crippen molar-refractivity contribution in [1.82, 2.24) is 24.9 Å². The van der Waals surface area contributed by atoms with E-state index in [9.17, 15) is 40.7 Å². The maximum atomic E-state index is 13.5. The monoisotopic (exact) mass is 619 g/mol. The molecule has 0 bridgehead atoms. The first-order valence-corrected chi connectivity index (χ1v) is 13.2. The summed E-state index contributed by atoms with van der Waals surface area (Å²) in [5.41, 5.74) is -2.63. The molecule has 2 aliphatic heterocycles. The van der Waals surface area contributed by atoms with Crippen molar-refractivity contribution in [2.75, 3.05) is 33.7 Å². The SMILES string of the molecule is CN(C)C[C@H]1C(=O)N(Cc2ccc(Cl)cc2)C[C@@H]2N(C(=O)NCc3cc(C(F)(F)F)cc(C(F)(F)F)c3)CCC(=O)N21. The maximum absolute atomic E-state index is 13.5. The minimum absolute atomic E-state index is 0.0125. The molecule has 0 unspecified atom stereocenters. The normalized spacial score (nSPS) is 19.8. The van der Waals surface area contributed by atoms with E-state index in [-0.39, 0.29) is 50.5 Å². The van der Waals surface area contributed by atoms with Crippen molar-refractivity contribution < 1.29 is 40.7 Å². The van der Waals surface area contributed by atoms with Crippen LogP contribution in [0.4, 0.5) is 31.1 Å². The van der Waals surface area contributed by atoms with Crippen LogP contribution in [0.3, 0.4) is 0 Å². The number of piperazine rings is 1. The fraction of sp³-hybridized carbons (Fsp3) is 0.444. The van der Waals surface area contributed by atoms with E-state index >= 15 is 0 Å². The number of likely N-dealkylation sites (N-methyl/N-ethyl adjacent to an activating group) is 1. The van der Waals surface area contributed by atoms with Gasteiger partial charge in [-0.2, -0.15) is 26.3 Å². The largest absolute Gasteiger partial charge is 0.416 e. The number of benzene rings is 2. The summed E-state index contributed by atoms with van der Waals surface area (Å²) in [5, 5.41) is 2.90. The topological polar surface area (TPSA) is 76.2 Å². The van der Waals surface area contributed by atoms with Crippen LogP contribution in [-0.4, -0.2) is 83.4 Å². The molecule has 228 valence electrons. The number of nitrogens with zero attached hydrogens (tertiary/aromatic N) is 4. The first-order valence-electron chi connectivity index (χ1n) is 12.9. The summed E-state index contributed by atoms with van der Waals surface area (Å²) >= 11 is 5.97. The van der Waals surface area contributed by atoms with E-state index in [2.05, 4.69) is 5.32 Å². The number of carbonyl (C=O) groups is 3. The summed E-state index contributed by atoms with van der Waals surface area (Å²) in [6, 6.07) is 6.18. The minimum Gasteiger partial charge on any atom is -0.334 e. The molecule has 0 aliphatic carbocycles. The Morgan fingerprint density at radius 2 is 1.57 bits per heavy atom. The number of alkyl halides is 6. The third kappa shape index (κ3) is 7.09. The van der Waals surface area contributed by atoms with Gasteiger partial charge >= 0.3 is 18.4 Å². The lowest BCUT2D eigenvalue weighted by Gasteiger charge is -2.52. The average molecular weight is 620 g/mol. The molecule has 15 heteroatoms. The van der Waals surface area contributed by atoms with Gasteiger partial charge in [0.1, 0.15) is 12.2 Å². The van der Waals surface area contributed by atoms with E-state index in [4.69, 9.17) is 11.6 Å². The van der Waals surface area contributed by atoms with Gasteiger partial charge in [0.2, 0.25) is 11.8 Å². The Balaban J connectivity index is 1.59. The highest BCUT2D eigenvalue weighted by Gasteiger charge is 2.49. The second kappa shape index (κ2) is 12.0. The number of hydrogen-bond acceptors (Lipinski definition) is 4. The Hall–Kier alpha value is -3.52. The molecule has 2 fully saturated rings. The Morgan fingerprint density at radius 1 is 0.976 bits per heavy atom. The highest BCUT2D eigenvalue weighted by atomic mass is 35.5. The highest BCUT2D eigenvalue weighted by Crippen LogP contribution is 2.36. The van der Waals surface area contributed by atoms with Crippen LogP contribution in [0.25, 0.3) is 0 Å². The Morgan fingerprint density at radius 3 is 2.12 bits per heavy atom. The summed E-state index contributed by atoms with van der Waals surface area (Å²) < 4.78 is 79.7. The lowest BCUT2D eigenvalue weighted by molar-refractivity contribution is -0.168. The molecule has 2 aromatic rings. The number of rotatable bonds is 6. The van der Waals surface area contributed by atoms with Crippen LogP contribution in [0, 0.1) is 0 Å². The summed E-state index contributed by atoms with van der Waals surface area (Å²) in [4.78, 5) is 45.7. The molecule has 42 heavy (non-hydrogen) atoms. The van der Waals surface area contributed by atoms with Gasteiger partial charge < -0.3 is 24.9 Å². The third-order valence-electron chi connectivity index (χ3n) is 7.03. The van der Waals surface area contributed by atoms with Gasteiger partial charge in [-0.15, -0.1) is 0 Å². The lowest BCUT2D eigenvalue weighted by atomic mass is 10.0. The Labute approximate surface area is 242 Å². The Kier molecular flexibility index (Phi) is 8.97. The molecule has 2 atom stereocenters. The van der Waals surface area contributed by atoms with Gasteiger partial charge in [0, 0.05) is 37.6 Å². The van der Waals surface area contributed by atoms with Crippen molar-refractivity contribution in [2.24, 2.45) is 0 Å². The molecule has 2 aliphatic rings. The molecule has 8 nitrogen and oxygen atoms in total. The van der Waals surface area contributed by atoms with E-state index in [1.807, 2.05) is 0 Å². The van der Waals surface area contributed by atoms with Crippen LogP contribution < -0.4 is 5.32 Å². The van der Waals surface area contributed by atoms with Gasteiger partial charge in [-0.05, 0) is 55.6 Å². The molecule has 2 heterocycles. The molecule has 0 aromatic heterocycles. The fourth-order valence-electron chi connectivity index (χ4n) is 5.10. The predicted octanol–water partition coefficient (Wildman–Crippen LogP) is 4.42. The molecule has 0 radical (unpaired) electrons. The molecule has 0 saturated carbocycles. The summed E-state index contributed by atoms with van der Waals surface area (Å²) in [7, 11) is 3.45. The number of fused-ring (bicyclic) bond motifs is 1. The zero-order valence-corrected chi connectivity index (χ0v) is 23.4. The molecular weight excluding hydrogens is 592 g/mol. The number of nitrogens with one attached hydrogen (secondary N) is 1. The molecule has 4 amide bonds. The molecule has 1 N–H and O–H groups in total. The summed E-state index contributed by atoms with van der Waals surface area (Å²) in [5.74, 6) is -0.669. The predicted molar refractivity (Wildman–Crippen MR) is 140 cm³/mol. The second-order valence-corrected chi connectivity index (χ2v) is 10.9. The molecule has 0 spiro atoms. The maximum Gasteiger partial charge on any atom is 0.416 e. The average Bonchev–Trinajstić information content (AvgIpc) is 2.89. The zero-order chi connectivity index (χ0) is 31.0. The van der Waals surface area contributed by atoms with Crippen LogP contribution >= 0.6 is 11.6 Å². The van der Waals surface area contributed by atoms with Crippen molar-refractivity contribution in [3.05, 3.63) is 69.7 Å². The van der Waals surface area contributed by atoms with Crippen molar-refractivity contribution in [3.63, 3.8) is 0 Å².